The van der Waals surface area contributed by atoms with E-state index in [1.807, 2.05) is 88.4 Å². The highest BCUT2D eigenvalue weighted by molar-refractivity contribution is 5.75. The van der Waals surface area contributed by atoms with Crippen LogP contribution in [0.15, 0.2) is 60.7 Å². The Morgan fingerprint density at radius 3 is 2.20 bits per heavy atom. The molecule has 9 nitrogen and oxygen atoms in total. The van der Waals surface area contributed by atoms with Crippen molar-refractivity contribution in [3.63, 3.8) is 0 Å². The first-order chi connectivity index (χ1) is 23.3. The molecule has 0 bridgehead atoms. The smallest absolute Gasteiger partial charge is 0.311 e. The molecule has 9 heteroatoms. The van der Waals surface area contributed by atoms with Crippen molar-refractivity contribution in [1.82, 2.24) is 0 Å². The van der Waals surface area contributed by atoms with Crippen molar-refractivity contribution in [2.24, 2.45) is 11.3 Å². The second-order valence-corrected chi connectivity index (χ2v) is 15.6. The fraction of sp³-hybridized carbons (Fsp3) is 0.650. The second-order valence-electron chi connectivity index (χ2n) is 15.6. The molecule has 3 aliphatic heterocycles. The SMILES string of the molecule is CC(=O)O[C@H]1C[C@@]2(C)O[C@@H](CCCOC(=O)C(C)(C)C)[C@@H](C)C[C@@H]2O[C@@H]2C[C@H](OCc3ccccc3)[C@@](C)(COCc3ccccc3)O[C@@H]12. The van der Waals surface area contributed by atoms with Gasteiger partial charge >= 0.3 is 11.9 Å². The molecule has 0 unspecified atom stereocenters. The quantitative estimate of drug-likeness (QED) is 0.174. The fourth-order valence-electron chi connectivity index (χ4n) is 7.31. The molecule has 0 radical (unpaired) electrons. The lowest BCUT2D eigenvalue weighted by Crippen LogP contribution is -2.61. The van der Waals surface area contributed by atoms with Crippen molar-refractivity contribution in [3.8, 4) is 0 Å². The molecule has 2 aromatic carbocycles. The lowest BCUT2D eigenvalue weighted by molar-refractivity contribution is -0.282. The molecule has 3 heterocycles. The van der Waals surface area contributed by atoms with Crippen molar-refractivity contribution in [3.05, 3.63) is 71.8 Å². The Labute approximate surface area is 292 Å². The van der Waals surface area contributed by atoms with Gasteiger partial charge in [-0.15, -0.1) is 0 Å². The third-order valence-corrected chi connectivity index (χ3v) is 10.1. The third-order valence-electron chi connectivity index (χ3n) is 10.1. The average Bonchev–Trinajstić information content (AvgIpc) is 3.15. The molecule has 0 N–H and O–H groups in total. The van der Waals surface area contributed by atoms with Crippen LogP contribution in [-0.2, 0) is 56.0 Å². The van der Waals surface area contributed by atoms with E-state index in [0.29, 0.717) is 39.1 Å². The summed E-state index contributed by atoms with van der Waals surface area (Å²) in [6, 6.07) is 20.1. The summed E-state index contributed by atoms with van der Waals surface area (Å²) >= 11 is 0. The molecule has 0 aromatic heterocycles. The van der Waals surface area contributed by atoms with Crippen molar-refractivity contribution in [2.45, 2.75) is 142 Å². The van der Waals surface area contributed by atoms with Crippen LogP contribution >= 0.6 is 0 Å². The van der Waals surface area contributed by atoms with Gasteiger partial charge < -0.3 is 33.2 Å². The zero-order valence-electron chi connectivity index (χ0n) is 30.4. The van der Waals surface area contributed by atoms with E-state index < -0.39 is 28.8 Å². The van der Waals surface area contributed by atoms with E-state index in [2.05, 4.69) is 13.8 Å². The summed E-state index contributed by atoms with van der Waals surface area (Å²) in [7, 11) is 0. The molecule has 9 atom stereocenters. The number of benzene rings is 2. The highest BCUT2D eigenvalue weighted by Crippen LogP contribution is 2.47. The van der Waals surface area contributed by atoms with Crippen LogP contribution in [0.1, 0.15) is 91.7 Å². The fourth-order valence-corrected chi connectivity index (χ4v) is 7.31. The summed E-state index contributed by atoms with van der Waals surface area (Å²) < 4.78 is 45.3. The van der Waals surface area contributed by atoms with E-state index in [1.165, 1.54) is 6.92 Å². The predicted octanol–water partition coefficient (Wildman–Crippen LogP) is 6.98. The van der Waals surface area contributed by atoms with Gasteiger partial charge in [0.1, 0.15) is 17.8 Å². The van der Waals surface area contributed by atoms with E-state index >= 15 is 0 Å². The van der Waals surface area contributed by atoms with Gasteiger partial charge in [0.15, 0.2) is 0 Å². The maximum Gasteiger partial charge on any atom is 0.311 e. The summed E-state index contributed by atoms with van der Waals surface area (Å²) in [5.74, 6) is -0.365. The zero-order chi connectivity index (χ0) is 35.2. The van der Waals surface area contributed by atoms with Gasteiger partial charge in [0.2, 0.25) is 0 Å². The Morgan fingerprint density at radius 2 is 1.57 bits per heavy atom. The topological polar surface area (TPSA) is 98.8 Å². The molecule has 5 rings (SSSR count). The summed E-state index contributed by atoms with van der Waals surface area (Å²) in [5.41, 5.74) is 0.0401. The van der Waals surface area contributed by atoms with Gasteiger partial charge in [0.25, 0.3) is 0 Å². The van der Waals surface area contributed by atoms with E-state index in [1.54, 1.807) is 0 Å². The largest absolute Gasteiger partial charge is 0.465 e. The highest BCUT2D eigenvalue weighted by atomic mass is 16.6. The summed E-state index contributed by atoms with van der Waals surface area (Å²) in [5, 5.41) is 0. The number of hydrogen-bond acceptors (Lipinski definition) is 9. The standard InChI is InChI=1S/C40H56O9/c1-27-21-35-39(6,48-31(27)19-14-20-44-37(42)38(3,4)5)23-33(46-28(2)41)36-32(47-35)22-34(45-25-30-17-12-9-13-18-30)40(7,49-36)26-43-24-29-15-10-8-11-16-29/h8-13,15-18,27,31-36H,14,19-26H2,1-7H3/t27-,31-,32+,33-,34-,35-,36+,39+,40+/m0/s1. The van der Waals surface area contributed by atoms with Crippen LogP contribution in [0.3, 0.4) is 0 Å². The zero-order valence-corrected chi connectivity index (χ0v) is 30.4. The second kappa shape index (κ2) is 16.0. The van der Waals surface area contributed by atoms with Gasteiger partial charge in [0.05, 0.1) is 61.9 Å². The normalized spacial score (nSPS) is 33.1. The highest BCUT2D eigenvalue weighted by Gasteiger charge is 2.58. The Bertz CT molecular complexity index is 1360. The molecule has 3 aliphatic rings. The van der Waals surface area contributed by atoms with Crippen LogP contribution in [0, 0.1) is 11.3 Å². The number of carbonyl (C=O) groups excluding carboxylic acids is 2. The Hall–Kier alpha value is -2.82. The Balaban J connectivity index is 1.33. The van der Waals surface area contributed by atoms with Gasteiger partial charge in [-0.3, -0.25) is 9.59 Å². The Morgan fingerprint density at radius 1 is 0.918 bits per heavy atom. The van der Waals surface area contributed by atoms with Gasteiger partial charge in [0, 0.05) is 19.8 Å². The van der Waals surface area contributed by atoms with Gasteiger partial charge in [-0.1, -0.05) is 67.6 Å². The van der Waals surface area contributed by atoms with Crippen LogP contribution < -0.4 is 0 Å². The van der Waals surface area contributed by atoms with Crippen LogP contribution in [0.2, 0.25) is 0 Å². The molecule has 3 fully saturated rings. The summed E-state index contributed by atoms with van der Waals surface area (Å²) in [6.07, 6.45) is 1.04. The number of esters is 2. The number of hydrogen-bond donors (Lipinski definition) is 0. The minimum Gasteiger partial charge on any atom is -0.465 e. The molecule has 0 amide bonds. The average molecular weight is 681 g/mol. The summed E-state index contributed by atoms with van der Waals surface area (Å²) in [6.45, 7) is 14.8. The number of carbonyl (C=O) groups is 2. The molecular weight excluding hydrogens is 624 g/mol. The van der Waals surface area contributed by atoms with Crippen molar-refractivity contribution in [2.75, 3.05) is 13.2 Å². The summed E-state index contributed by atoms with van der Waals surface area (Å²) in [4.78, 5) is 24.8. The first-order valence-electron chi connectivity index (χ1n) is 17.9. The molecule has 0 spiro atoms. The first-order valence-corrected chi connectivity index (χ1v) is 17.9. The maximum absolute atomic E-state index is 12.5. The van der Waals surface area contributed by atoms with Crippen molar-refractivity contribution in [1.29, 1.82) is 0 Å². The number of ether oxygens (including phenoxy) is 7. The monoisotopic (exact) mass is 680 g/mol. The van der Waals surface area contributed by atoms with Crippen molar-refractivity contribution < 1.29 is 42.7 Å². The number of rotatable bonds is 12. The van der Waals surface area contributed by atoms with Crippen LogP contribution in [-0.4, -0.2) is 73.0 Å². The van der Waals surface area contributed by atoms with Gasteiger partial charge in [-0.25, -0.2) is 0 Å². The third kappa shape index (κ3) is 9.70. The first kappa shape index (κ1) is 37.4. The van der Waals surface area contributed by atoms with E-state index in [0.717, 1.165) is 24.0 Å². The van der Waals surface area contributed by atoms with E-state index in [9.17, 15) is 9.59 Å². The molecule has 3 saturated heterocycles. The Kier molecular flexibility index (Phi) is 12.2. The van der Waals surface area contributed by atoms with Gasteiger partial charge in [-0.2, -0.15) is 0 Å². The van der Waals surface area contributed by atoms with Crippen LogP contribution in [0.5, 0.6) is 0 Å². The van der Waals surface area contributed by atoms with Crippen LogP contribution in [0.4, 0.5) is 0 Å². The molecule has 0 saturated carbocycles. The number of fused-ring (bicyclic) bond motifs is 2. The van der Waals surface area contributed by atoms with Gasteiger partial charge in [-0.05, 0) is 70.9 Å². The lowest BCUT2D eigenvalue weighted by atomic mass is 9.79. The lowest BCUT2D eigenvalue weighted by Gasteiger charge is -2.49. The van der Waals surface area contributed by atoms with E-state index in [-0.39, 0.29) is 48.9 Å². The van der Waals surface area contributed by atoms with Crippen LogP contribution in [0.25, 0.3) is 0 Å². The molecule has 2 aromatic rings. The van der Waals surface area contributed by atoms with E-state index in [4.69, 9.17) is 33.2 Å². The molecular formula is C40H56O9. The molecule has 0 aliphatic carbocycles. The minimum absolute atomic E-state index is 0.0594. The molecule has 270 valence electrons. The molecule has 49 heavy (non-hydrogen) atoms. The van der Waals surface area contributed by atoms with Crippen molar-refractivity contribution >= 4 is 11.9 Å². The maximum atomic E-state index is 12.5. The predicted molar refractivity (Wildman–Crippen MR) is 185 cm³/mol. The minimum atomic E-state index is -0.843.